The second-order valence-corrected chi connectivity index (χ2v) is 5.85. The van der Waals surface area contributed by atoms with Crippen molar-refractivity contribution in [1.82, 2.24) is 4.90 Å². The van der Waals surface area contributed by atoms with Gasteiger partial charge in [-0.15, -0.1) is 0 Å². The molecular formula is C14H19ClFN3O2. The summed E-state index contributed by atoms with van der Waals surface area (Å²) in [4.78, 5) is 12.7. The first-order valence-electron chi connectivity index (χ1n) is 7.09. The molecule has 2 rings (SSSR count). The van der Waals surface area contributed by atoms with Gasteiger partial charge in [-0.2, -0.15) is 0 Å². The summed E-state index contributed by atoms with van der Waals surface area (Å²) in [6.07, 6.45) is 3.64. The number of nitrogens with zero attached hydrogens (tertiary/aromatic N) is 2. The molecule has 1 N–H and O–H groups in total. The van der Waals surface area contributed by atoms with E-state index in [1.165, 1.54) is 25.3 Å². The van der Waals surface area contributed by atoms with Gasteiger partial charge in [0.2, 0.25) is 0 Å². The van der Waals surface area contributed by atoms with E-state index in [9.17, 15) is 14.5 Å². The van der Waals surface area contributed by atoms with Crippen molar-refractivity contribution in [2.75, 3.05) is 25.0 Å². The summed E-state index contributed by atoms with van der Waals surface area (Å²) >= 11 is 5.72. The number of nitrogens with one attached hydrogen (secondary N) is 1. The van der Waals surface area contributed by atoms with Gasteiger partial charge in [0.1, 0.15) is 11.5 Å². The summed E-state index contributed by atoms with van der Waals surface area (Å²) in [6.45, 7) is 4.86. The smallest absolute Gasteiger partial charge is 0.295 e. The van der Waals surface area contributed by atoms with E-state index in [0.717, 1.165) is 25.7 Å². The Kier molecular flexibility index (Phi) is 5.36. The molecule has 7 heteroatoms. The molecule has 1 heterocycles. The first kappa shape index (κ1) is 16.0. The van der Waals surface area contributed by atoms with Gasteiger partial charge >= 0.3 is 0 Å². The summed E-state index contributed by atoms with van der Waals surface area (Å²) in [5.74, 6) is -0.780. The van der Waals surface area contributed by atoms with E-state index in [-0.39, 0.29) is 22.4 Å². The molecule has 116 valence electrons. The lowest BCUT2D eigenvalue weighted by atomic mass is 10.1. The number of nitro benzene ring substituents is 1. The van der Waals surface area contributed by atoms with Gasteiger partial charge in [0, 0.05) is 12.6 Å². The van der Waals surface area contributed by atoms with Crippen molar-refractivity contribution in [3.8, 4) is 0 Å². The van der Waals surface area contributed by atoms with Crippen LogP contribution in [0.5, 0.6) is 0 Å². The van der Waals surface area contributed by atoms with Gasteiger partial charge in [-0.1, -0.05) is 18.0 Å². The minimum absolute atomic E-state index is 0.0170. The van der Waals surface area contributed by atoms with Crippen molar-refractivity contribution in [3.63, 3.8) is 0 Å². The Labute approximate surface area is 128 Å². The molecule has 1 aliphatic heterocycles. The van der Waals surface area contributed by atoms with Gasteiger partial charge in [0.25, 0.3) is 5.69 Å². The van der Waals surface area contributed by atoms with Crippen LogP contribution >= 0.6 is 11.6 Å². The SMILES string of the molecule is CC(CN1CCCCC1)Nc1cc(Cl)c(F)cc1[N+](=O)[O-]. The first-order chi connectivity index (χ1) is 9.97. The van der Waals surface area contributed by atoms with E-state index >= 15 is 0 Å². The molecule has 21 heavy (non-hydrogen) atoms. The fourth-order valence-electron chi connectivity index (χ4n) is 2.64. The Balaban J connectivity index is 2.07. The molecule has 1 aliphatic rings. The molecule has 0 aliphatic carbocycles. The maximum atomic E-state index is 13.4. The van der Waals surface area contributed by atoms with E-state index in [1.807, 2.05) is 6.92 Å². The zero-order valence-electron chi connectivity index (χ0n) is 11.9. The van der Waals surface area contributed by atoms with Crippen molar-refractivity contribution in [1.29, 1.82) is 0 Å². The number of hydrogen-bond donors (Lipinski definition) is 1. The van der Waals surface area contributed by atoms with Crippen LogP contribution in [-0.2, 0) is 0 Å². The summed E-state index contributed by atoms with van der Waals surface area (Å²) in [5.41, 5.74) is -0.0293. The van der Waals surface area contributed by atoms with Gasteiger partial charge in [-0.3, -0.25) is 10.1 Å². The molecule has 0 bridgehead atoms. The third-order valence-electron chi connectivity index (χ3n) is 3.62. The van der Waals surface area contributed by atoms with Crippen LogP contribution in [0.1, 0.15) is 26.2 Å². The number of halogens is 2. The topological polar surface area (TPSA) is 58.4 Å². The number of benzene rings is 1. The number of piperidine rings is 1. The van der Waals surface area contributed by atoms with Crippen molar-refractivity contribution in [2.45, 2.75) is 32.2 Å². The average Bonchev–Trinajstić information content (AvgIpc) is 2.43. The van der Waals surface area contributed by atoms with Gasteiger partial charge in [-0.05, 0) is 38.9 Å². The van der Waals surface area contributed by atoms with Crippen LogP contribution < -0.4 is 5.32 Å². The molecule has 0 amide bonds. The highest BCUT2D eigenvalue weighted by Gasteiger charge is 2.20. The molecule has 1 aromatic carbocycles. The number of nitro groups is 1. The van der Waals surface area contributed by atoms with Crippen LogP contribution in [0, 0.1) is 15.9 Å². The molecular weight excluding hydrogens is 297 g/mol. The van der Waals surface area contributed by atoms with Gasteiger partial charge in [0.15, 0.2) is 0 Å². The molecule has 1 unspecified atom stereocenters. The first-order valence-corrected chi connectivity index (χ1v) is 7.47. The number of rotatable bonds is 5. The monoisotopic (exact) mass is 315 g/mol. The van der Waals surface area contributed by atoms with Crippen molar-refractivity contribution < 1.29 is 9.31 Å². The number of anilines is 1. The number of likely N-dealkylation sites (tertiary alicyclic amines) is 1. The van der Waals surface area contributed by atoms with Crippen LogP contribution in [0.2, 0.25) is 5.02 Å². The fourth-order valence-corrected chi connectivity index (χ4v) is 2.81. The van der Waals surface area contributed by atoms with E-state index in [2.05, 4.69) is 10.2 Å². The van der Waals surface area contributed by atoms with Gasteiger partial charge < -0.3 is 10.2 Å². The van der Waals surface area contributed by atoms with Crippen LogP contribution in [0.4, 0.5) is 15.8 Å². The molecule has 1 saturated heterocycles. The third kappa shape index (κ3) is 4.28. The molecule has 1 fully saturated rings. The van der Waals surface area contributed by atoms with Gasteiger partial charge in [-0.25, -0.2) is 4.39 Å². The molecule has 0 spiro atoms. The Hall–Kier alpha value is -1.40. The highest BCUT2D eigenvalue weighted by Crippen LogP contribution is 2.30. The molecule has 0 saturated carbocycles. The molecule has 0 aromatic heterocycles. The molecule has 1 aromatic rings. The second-order valence-electron chi connectivity index (χ2n) is 5.45. The van der Waals surface area contributed by atoms with Crippen molar-refractivity contribution >= 4 is 23.0 Å². The second kappa shape index (κ2) is 7.04. The zero-order chi connectivity index (χ0) is 15.4. The van der Waals surface area contributed by atoms with E-state index in [0.29, 0.717) is 0 Å². The molecule has 5 nitrogen and oxygen atoms in total. The minimum Gasteiger partial charge on any atom is -0.376 e. The predicted octanol–water partition coefficient (Wildman–Crippen LogP) is 3.67. The van der Waals surface area contributed by atoms with Crippen molar-refractivity contribution in [3.05, 3.63) is 33.1 Å². The van der Waals surface area contributed by atoms with Crippen LogP contribution in [-0.4, -0.2) is 35.5 Å². The van der Waals surface area contributed by atoms with Gasteiger partial charge in [0.05, 0.1) is 16.0 Å². The lowest BCUT2D eigenvalue weighted by Gasteiger charge is -2.29. The minimum atomic E-state index is -0.780. The number of hydrogen-bond acceptors (Lipinski definition) is 4. The highest BCUT2D eigenvalue weighted by atomic mass is 35.5. The van der Waals surface area contributed by atoms with E-state index in [1.54, 1.807) is 0 Å². The van der Waals surface area contributed by atoms with Crippen molar-refractivity contribution in [2.24, 2.45) is 0 Å². The Morgan fingerprint density at radius 1 is 1.43 bits per heavy atom. The largest absolute Gasteiger partial charge is 0.376 e. The van der Waals surface area contributed by atoms with Crippen LogP contribution in [0.25, 0.3) is 0 Å². The third-order valence-corrected chi connectivity index (χ3v) is 3.91. The highest BCUT2D eigenvalue weighted by molar-refractivity contribution is 6.31. The summed E-state index contributed by atoms with van der Waals surface area (Å²) in [6, 6.07) is 2.16. The predicted molar refractivity (Wildman–Crippen MR) is 81.4 cm³/mol. The average molecular weight is 316 g/mol. The lowest BCUT2D eigenvalue weighted by molar-refractivity contribution is -0.384. The lowest BCUT2D eigenvalue weighted by Crippen LogP contribution is -2.38. The van der Waals surface area contributed by atoms with Crippen LogP contribution in [0.15, 0.2) is 12.1 Å². The van der Waals surface area contributed by atoms with Crippen LogP contribution in [0.3, 0.4) is 0 Å². The summed E-state index contributed by atoms with van der Waals surface area (Å²) in [5, 5.41) is 14.0. The normalized spacial score (nSPS) is 17.5. The summed E-state index contributed by atoms with van der Waals surface area (Å²) < 4.78 is 13.4. The standard InChI is InChI=1S/C14H19ClFN3O2/c1-10(9-18-5-3-2-4-6-18)17-13-7-11(15)12(16)8-14(13)19(20)21/h7-8,10,17H,2-6,9H2,1H3. The Morgan fingerprint density at radius 3 is 2.71 bits per heavy atom. The van der Waals surface area contributed by atoms with E-state index < -0.39 is 10.7 Å². The quantitative estimate of drug-likeness (QED) is 0.665. The Morgan fingerprint density at radius 2 is 2.10 bits per heavy atom. The maximum Gasteiger partial charge on any atom is 0.295 e. The summed E-state index contributed by atoms with van der Waals surface area (Å²) in [7, 11) is 0. The molecule has 1 atom stereocenters. The Bertz CT molecular complexity index is 521. The fraction of sp³-hybridized carbons (Fsp3) is 0.571. The maximum absolute atomic E-state index is 13.4. The van der Waals surface area contributed by atoms with E-state index in [4.69, 9.17) is 11.6 Å². The zero-order valence-corrected chi connectivity index (χ0v) is 12.7. The molecule has 0 radical (unpaired) electrons.